The maximum atomic E-state index is 10.9. The van der Waals surface area contributed by atoms with Gasteiger partial charge in [-0.3, -0.25) is 0 Å². The Hall–Kier alpha value is -1.62. The first-order chi connectivity index (χ1) is 9.90. The van der Waals surface area contributed by atoms with Crippen molar-refractivity contribution in [2.75, 3.05) is 31.7 Å². The molecule has 7 heteroatoms. The van der Waals surface area contributed by atoms with E-state index in [0.29, 0.717) is 30.8 Å². The zero-order valence-corrected chi connectivity index (χ0v) is 12.8. The highest BCUT2D eigenvalue weighted by Gasteiger charge is 2.06. The first-order valence-electron chi connectivity index (χ1n) is 6.60. The number of nitrogens with one attached hydrogen (secondary N) is 1. The molecule has 1 atom stereocenters. The van der Waals surface area contributed by atoms with Gasteiger partial charge in [-0.25, -0.2) is 8.42 Å². The Morgan fingerprint density at radius 3 is 2.62 bits per heavy atom. The summed E-state index contributed by atoms with van der Waals surface area (Å²) in [6, 6.07) is 8.64. The minimum Gasteiger partial charge on any atom is -0.491 e. The second-order valence-corrected chi connectivity index (χ2v) is 7.05. The van der Waals surface area contributed by atoms with E-state index in [9.17, 15) is 13.5 Å². The third-order valence-electron chi connectivity index (χ3n) is 2.67. The Bertz CT molecular complexity index is 564. The van der Waals surface area contributed by atoms with Crippen LogP contribution in [0.5, 0.6) is 5.75 Å². The SMILES string of the molecule is CS(=O)(=O)CCCNCC(O)COc1ccc(C#N)cc1. The molecule has 1 rings (SSSR count). The number of sulfone groups is 1. The van der Waals surface area contributed by atoms with Crippen LogP contribution in [-0.2, 0) is 9.84 Å². The largest absolute Gasteiger partial charge is 0.491 e. The molecule has 0 aliphatic carbocycles. The van der Waals surface area contributed by atoms with Gasteiger partial charge in [0.1, 0.15) is 28.3 Å². The molecule has 6 nitrogen and oxygen atoms in total. The molecule has 0 amide bonds. The van der Waals surface area contributed by atoms with Crippen molar-refractivity contribution in [3.05, 3.63) is 29.8 Å². The van der Waals surface area contributed by atoms with Gasteiger partial charge in [-0.05, 0) is 37.2 Å². The summed E-state index contributed by atoms with van der Waals surface area (Å²) in [7, 11) is -2.93. The number of rotatable bonds is 9. The van der Waals surface area contributed by atoms with Crippen LogP contribution in [0.4, 0.5) is 0 Å². The van der Waals surface area contributed by atoms with Gasteiger partial charge in [0, 0.05) is 12.8 Å². The Morgan fingerprint density at radius 2 is 2.05 bits per heavy atom. The fourth-order valence-corrected chi connectivity index (χ4v) is 2.27. The zero-order chi connectivity index (χ0) is 15.7. The fourth-order valence-electron chi connectivity index (χ4n) is 1.61. The molecule has 0 spiro atoms. The monoisotopic (exact) mass is 312 g/mol. The maximum Gasteiger partial charge on any atom is 0.147 e. The van der Waals surface area contributed by atoms with Gasteiger partial charge in [-0.1, -0.05) is 0 Å². The second kappa shape index (κ2) is 8.62. The first kappa shape index (κ1) is 17.4. The van der Waals surface area contributed by atoms with Crippen LogP contribution in [-0.4, -0.2) is 51.3 Å². The third kappa shape index (κ3) is 8.30. The Balaban J connectivity index is 2.16. The van der Waals surface area contributed by atoms with Crippen LogP contribution < -0.4 is 10.1 Å². The van der Waals surface area contributed by atoms with Crippen LogP contribution >= 0.6 is 0 Å². The van der Waals surface area contributed by atoms with E-state index in [4.69, 9.17) is 10.00 Å². The molecule has 1 aromatic rings. The lowest BCUT2D eigenvalue weighted by atomic mass is 10.2. The van der Waals surface area contributed by atoms with E-state index >= 15 is 0 Å². The number of aliphatic hydroxyl groups is 1. The Labute approximate surface area is 125 Å². The van der Waals surface area contributed by atoms with Crippen molar-refractivity contribution in [2.45, 2.75) is 12.5 Å². The van der Waals surface area contributed by atoms with Crippen molar-refractivity contribution >= 4 is 9.84 Å². The number of aliphatic hydroxyl groups excluding tert-OH is 1. The van der Waals surface area contributed by atoms with Crippen LogP contribution in [0.3, 0.4) is 0 Å². The molecular formula is C14H20N2O4S. The van der Waals surface area contributed by atoms with Gasteiger partial charge in [-0.15, -0.1) is 0 Å². The highest BCUT2D eigenvalue weighted by molar-refractivity contribution is 7.90. The van der Waals surface area contributed by atoms with E-state index < -0.39 is 15.9 Å². The van der Waals surface area contributed by atoms with Gasteiger partial charge >= 0.3 is 0 Å². The summed E-state index contributed by atoms with van der Waals surface area (Å²) in [5.74, 6) is 0.725. The fraction of sp³-hybridized carbons (Fsp3) is 0.500. The second-order valence-electron chi connectivity index (χ2n) is 4.79. The quantitative estimate of drug-likeness (QED) is 0.637. The smallest absolute Gasteiger partial charge is 0.147 e. The summed E-state index contributed by atoms with van der Waals surface area (Å²) in [6.45, 7) is 0.992. The number of benzene rings is 1. The predicted molar refractivity (Wildman–Crippen MR) is 79.9 cm³/mol. The van der Waals surface area contributed by atoms with E-state index in [1.165, 1.54) is 6.26 Å². The Kier molecular flexibility index (Phi) is 7.15. The lowest BCUT2D eigenvalue weighted by molar-refractivity contribution is 0.106. The summed E-state index contributed by atoms with van der Waals surface area (Å²) in [5, 5.41) is 21.3. The zero-order valence-electron chi connectivity index (χ0n) is 11.9. The van der Waals surface area contributed by atoms with Gasteiger partial charge in [0.15, 0.2) is 0 Å². The van der Waals surface area contributed by atoms with E-state index in [2.05, 4.69) is 5.32 Å². The van der Waals surface area contributed by atoms with Gasteiger partial charge in [0.25, 0.3) is 0 Å². The summed E-state index contributed by atoms with van der Waals surface area (Å²) >= 11 is 0. The van der Waals surface area contributed by atoms with E-state index in [1.54, 1.807) is 24.3 Å². The Morgan fingerprint density at radius 1 is 1.38 bits per heavy atom. The molecule has 0 bridgehead atoms. The highest BCUT2D eigenvalue weighted by atomic mass is 32.2. The molecule has 0 saturated heterocycles. The lowest BCUT2D eigenvalue weighted by Gasteiger charge is -2.13. The van der Waals surface area contributed by atoms with Crippen molar-refractivity contribution in [3.8, 4) is 11.8 Å². The lowest BCUT2D eigenvalue weighted by Crippen LogP contribution is -2.32. The normalized spacial score (nSPS) is 12.6. The predicted octanol–water partition coefficient (Wildman–Crippen LogP) is 0.322. The topological polar surface area (TPSA) is 99.4 Å². The molecule has 0 aliphatic heterocycles. The number of ether oxygens (including phenoxy) is 1. The van der Waals surface area contributed by atoms with Crippen molar-refractivity contribution in [1.29, 1.82) is 5.26 Å². The van der Waals surface area contributed by atoms with E-state index in [-0.39, 0.29) is 12.4 Å². The molecule has 116 valence electrons. The molecule has 2 N–H and O–H groups in total. The van der Waals surface area contributed by atoms with Crippen LogP contribution in [0.25, 0.3) is 0 Å². The van der Waals surface area contributed by atoms with Gasteiger partial charge in [0.2, 0.25) is 0 Å². The van der Waals surface area contributed by atoms with Gasteiger partial charge in [-0.2, -0.15) is 5.26 Å². The van der Waals surface area contributed by atoms with Crippen LogP contribution in [0.15, 0.2) is 24.3 Å². The number of hydrogen-bond acceptors (Lipinski definition) is 6. The first-order valence-corrected chi connectivity index (χ1v) is 8.66. The van der Waals surface area contributed by atoms with Crippen molar-refractivity contribution < 1.29 is 18.3 Å². The molecule has 0 heterocycles. The molecule has 0 saturated carbocycles. The highest BCUT2D eigenvalue weighted by Crippen LogP contribution is 2.11. The maximum absolute atomic E-state index is 10.9. The molecule has 0 radical (unpaired) electrons. The van der Waals surface area contributed by atoms with Crippen molar-refractivity contribution in [3.63, 3.8) is 0 Å². The van der Waals surface area contributed by atoms with Crippen molar-refractivity contribution in [1.82, 2.24) is 5.32 Å². The number of nitriles is 1. The average molecular weight is 312 g/mol. The molecule has 21 heavy (non-hydrogen) atoms. The van der Waals surface area contributed by atoms with Crippen LogP contribution in [0.1, 0.15) is 12.0 Å². The minimum atomic E-state index is -2.93. The van der Waals surface area contributed by atoms with Crippen LogP contribution in [0, 0.1) is 11.3 Å². The van der Waals surface area contributed by atoms with Gasteiger partial charge < -0.3 is 15.2 Å². The van der Waals surface area contributed by atoms with Gasteiger partial charge in [0.05, 0.1) is 17.4 Å². The average Bonchev–Trinajstić information content (AvgIpc) is 2.44. The molecule has 0 aliphatic rings. The number of nitrogens with zero attached hydrogens (tertiary/aromatic N) is 1. The minimum absolute atomic E-state index is 0.130. The summed E-state index contributed by atoms with van der Waals surface area (Å²) in [4.78, 5) is 0. The standard InChI is InChI=1S/C14H20N2O4S/c1-21(18,19)8-2-7-16-10-13(17)11-20-14-5-3-12(9-15)4-6-14/h3-6,13,16-17H,2,7-8,10-11H2,1H3. The molecule has 0 fully saturated rings. The summed E-state index contributed by atoms with van der Waals surface area (Å²) in [6.07, 6.45) is 1.04. The van der Waals surface area contributed by atoms with Crippen LogP contribution in [0.2, 0.25) is 0 Å². The van der Waals surface area contributed by atoms with E-state index in [0.717, 1.165) is 0 Å². The molecular weight excluding hydrogens is 292 g/mol. The number of hydrogen-bond donors (Lipinski definition) is 2. The van der Waals surface area contributed by atoms with E-state index in [1.807, 2.05) is 6.07 Å². The summed E-state index contributed by atoms with van der Waals surface area (Å²) < 4.78 is 27.2. The molecule has 1 aromatic carbocycles. The third-order valence-corrected chi connectivity index (χ3v) is 3.70. The molecule has 0 aromatic heterocycles. The summed E-state index contributed by atoms with van der Waals surface area (Å²) in [5.41, 5.74) is 0.551. The molecule has 1 unspecified atom stereocenters. The van der Waals surface area contributed by atoms with Crippen molar-refractivity contribution in [2.24, 2.45) is 0 Å².